The highest BCUT2D eigenvalue weighted by atomic mass is 32.3. The first kappa shape index (κ1) is 32.1. The average molecular weight is 693 g/mol. The molecule has 11 nitrogen and oxygen atoms in total. The van der Waals surface area contributed by atoms with Crippen LogP contribution in [-0.2, 0) is 23.9 Å². The molecule has 0 radical (unpaired) electrons. The lowest BCUT2D eigenvalue weighted by Gasteiger charge is -2.31. The van der Waals surface area contributed by atoms with E-state index in [1.165, 1.54) is 6.07 Å². The summed E-state index contributed by atoms with van der Waals surface area (Å²) in [5.41, 5.74) is 0.753. The maximum absolute atomic E-state index is 14.3. The molecule has 7 rings (SSSR count). The molecule has 3 aromatic rings. The minimum Gasteiger partial charge on any atom is -0.444 e. The number of amides is 2. The normalized spacial score (nSPS) is 20.3. The summed E-state index contributed by atoms with van der Waals surface area (Å²) < 4.78 is 70.2. The molecule has 2 fully saturated rings. The van der Waals surface area contributed by atoms with Crippen LogP contribution in [0.2, 0.25) is 0 Å². The standard InChI is InChI=1S/C31H35F3N6O5S2/c1-30(2,3)45-29(42)39-9-8-17-12-20(24(16-4-5-16)36-21(17)15-39)37-28-35-14-19(31(32,33)34)25(38-28)22-13-23-26(46-22)27(41)40(18-6-7-18)10-11-47(23,43)44/h12-14,16,18,43-44H,4-11,15H2,1-3H3,(H,35,37,38). The zero-order chi connectivity index (χ0) is 33.5. The number of nitrogens with zero attached hydrogens (tertiary/aromatic N) is 5. The number of thiophene rings is 1. The lowest BCUT2D eigenvalue weighted by molar-refractivity contribution is -0.137. The Hall–Kier alpha value is -3.47. The molecule has 2 amide bonds. The molecule has 0 atom stereocenters. The molecule has 3 N–H and O–H groups in total. The Bertz CT molecular complexity index is 1770. The molecule has 2 aliphatic carbocycles. The number of ether oxygens (including phenoxy) is 1. The number of rotatable bonds is 5. The highest BCUT2D eigenvalue weighted by Gasteiger charge is 2.42. The predicted octanol–water partition coefficient (Wildman–Crippen LogP) is 7.26. The maximum Gasteiger partial charge on any atom is 0.420 e. The number of anilines is 2. The van der Waals surface area contributed by atoms with E-state index < -0.39 is 45.6 Å². The Labute approximate surface area is 274 Å². The molecular formula is C31H35F3N6O5S2. The van der Waals surface area contributed by atoms with Crippen molar-refractivity contribution in [2.45, 2.75) is 88.1 Å². The van der Waals surface area contributed by atoms with E-state index in [9.17, 15) is 31.9 Å². The van der Waals surface area contributed by atoms with Crippen LogP contribution < -0.4 is 5.32 Å². The lowest BCUT2D eigenvalue weighted by Crippen LogP contribution is -2.40. The number of alkyl halides is 3. The van der Waals surface area contributed by atoms with Gasteiger partial charge in [0.15, 0.2) is 0 Å². The van der Waals surface area contributed by atoms with Crippen molar-refractivity contribution in [2.75, 3.05) is 24.2 Å². The van der Waals surface area contributed by atoms with Crippen molar-refractivity contribution in [1.29, 1.82) is 0 Å². The van der Waals surface area contributed by atoms with Gasteiger partial charge in [-0.1, -0.05) is 0 Å². The summed E-state index contributed by atoms with van der Waals surface area (Å²) in [6.07, 6.45) is -0.607. The first-order valence-electron chi connectivity index (χ1n) is 15.5. The molecule has 2 saturated carbocycles. The fourth-order valence-electron chi connectivity index (χ4n) is 5.87. The molecule has 3 aromatic heterocycles. The van der Waals surface area contributed by atoms with Crippen molar-refractivity contribution in [1.82, 2.24) is 24.8 Å². The molecule has 4 aliphatic rings. The molecule has 252 valence electrons. The summed E-state index contributed by atoms with van der Waals surface area (Å²) in [4.78, 5) is 42.5. The summed E-state index contributed by atoms with van der Waals surface area (Å²) in [5.74, 6) is -0.431. The van der Waals surface area contributed by atoms with E-state index >= 15 is 0 Å². The number of fused-ring (bicyclic) bond motifs is 2. The number of aromatic nitrogens is 3. The zero-order valence-electron chi connectivity index (χ0n) is 26.1. The second kappa shape index (κ2) is 11.3. The third-order valence-corrected chi connectivity index (χ3v) is 11.5. The molecule has 0 aromatic carbocycles. The smallest absolute Gasteiger partial charge is 0.420 e. The SMILES string of the molecule is CC(C)(C)OC(=O)N1CCc2cc(Nc3ncc(C(F)(F)F)c(-c4cc5c(s4)C(=O)N(C4CC4)CCS5(O)O)n3)c(C3CC3)nc2C1. The minimum absolute atomic E-state index is 0.000984. The van der Waals surface area contributed by atoms with Crippen molar-refractivity contribution in [3.63, 3.8) is 0 Å². The lowest BCUT2D eigenvalue weighted by atomic mass is 10.0. The topological polar surface area (TPSA) is 141 Å². The molecule has 47 heavy (non-hydrogen) atoms. The van der Waals surface area contributed by atoms with Gasteiger partial charge in [0.1, 0.15) is 16.0 Å². The fourth-order valence-corrected chi connectivity index (χ4v) is 8.85. The van der Waals surface area contributed by atoms with Crippen LogP contribution >= 0.6 is 21.9 Å². The largest absolute Gasteiger partial charge is 0.444 e. The highest BCUT2D eigenvalue weighted by molar-refractivity contribution is 8.24. The van der Waals surface area contributed by atoms with E-state index in [0.29, 0.717) is 24.8 Å². The average Bonchev–Trinajstić information content (AvgIpc) is 3.93. The minimum atomic E-state index is -4.81. The highest BCUT2D eigenvalue weighted by Crippen LogP contribution is 2.56. The molecule has 16 heteroatoms. The summed E-state index contributed by atoms with van der Waals surface area (Å²) in [6.45, 7) is 6.30. The van der Waals surface area contributed by atoms with Gasteiger partial charge >= 0.3 is 12.3 Å². The quantitative estimate of drug-likeness (QED) is 0.252. The second-order valence-corrected chi connectivity index (χ2v) is 16.7. The Morgan fingerprint density at radius 2 is 1.85 bits per heavy atom. The molecular weight excluding hydrogens is 658 g/mol. The first-order valence-corrected chi connectivity index (χ1v) is 18.0. The van der Waals surface area contributed by atoms with Gasteiger partial charge in [0, 0.05) is 31.2 Å². The van der Waals surface area contributed by atoms with Gasteiger partial charge in [-0.25, -0.2) is 14.8 Å². The van der Waals surface area contributed by atoms with Crippen LogP contribution in [-0.4, -0.2) is 76.3 Å². The number of nitrogens with one attached hydrogen (secondary N) is 1. The van der Waals surface area contributed by atoms with Crippen molar-refractivity contribution in [3.8, 4) is 10.6 Å². The number of carbonyl (C=O) groups excluding carboxylic acids is 2. The van der Waals surface area contributed by atoms with Crippen molar-refractivity contribution in [3.05, 3.63) is 45.7 Å². The Kier molecular flexibility index (Phi) is 7.72. The van der Waals surface area contributed by atoms with E-state index in [1.807, 2.05) is 26.8 Å². The molecule has 0 spiro atoms. The summed E-state index contributed by atoms with van der Waals surface area (Å²) >= 11 is 0.786. The fraction of sp³-hybridized carbons (Fsp3) is 0.516. The monoisotopic (exact) mass is 692 g/mol. The van der Waals surface area contributed by atoms with E-state index in [-0.39, 0.29) is 51.4 Å². The van der Waals surface area contributed by atoms with Crippen LogP contribution in [0.15, 0.2) is 23.2 Å². The maximum atomic E-state index is 14.3. The molecule has 0 unspecified atom stereocenters. The summed E-state index contributed by atoms with van der Waals surface area (Å²) in [7, 11) is -3.41. The third kappa shape index (κ3) is 6.52. The van der Waals surface area contributed by atoms with E-state index in [0.717, 1.165) is 54.0 Å². The number of hydrogen-bond acceptors (Lipinski definition) is 10. The van der Waals surface area contributed by atoms with Crippen LogP contribution in [0.25, 0.3) is 10.6 Å². The van der Waals surface area contributed by atoms with E-state index in [4.69, 9.17) is 9.72 Å². The second-order valence-electron chi connectivity index (χ2n) is 13.4. The number of hydrogen-bond donors (Lipinski definition) is 3. The number of halogens is 3. The van der Waals surface area contributed by atoms with Crippen molar-refractivity contribution < 1.29 is 36.6 Å². The Morgan fingerprint density at radius 3 is 2.51 bits per heavy atom. The van der Waals surface area contributed by atoms with Crippen molar-refractivity contribution >= 4 is 45.6 Å². The summed E-state index contributed by atoms with van der Waals surface area (Å²) in [6, 6.07) is 3.16. The van der Waals surface area contributed by atoms with Gasteiger partial charge < -0.3 is 19.9 Å². The van der Waals surface area contributed by atoms with Gasteiger partial charge in [-0.05, 0) is 70.6 Å². The van der Waals surface area contributed by atoms with Gasteiger partial charge in [-0.15, -0.1) is 11.3 Å². The van der Waals surface area contributed by atoms with Crippen LogP contribution in [0.4, 0.5) is 29.6 Å². The van der Waals surface area contributed by atoms with E-state index in [2.05, 4.69) is 15.3 Å². The van der Waals surface area contributed by atoms with Crippen LogP contribution in [0.1, 0.15) is 84.6 Å². The Morgan fingerprint density at radius 1 is 1.11 bits per heavy atom. The molecule has 0 bridgehead atoms. The van der Waals surface area contributed by atoms with Crippen LogP contribution in [0.3, 0.4) is 0 Å². The number of carbonyl (C=O) groups is 2. The predicted molar refractivity (Wildman–Crippen MR) is 170 cm³/mol. The van der Waals surface area contributed by atoms with Gasteiger partial charge in [0.25, 0.3) is 5.91 Å². The van der Waals surface area contributed by atoms with Crippen molar-refractivity contribution in [2.24, 2.45) is 0 Å². The van der Waals surface area contributed by atoms with E-state index in [1.54, 1.807) is 9.80 Å². The summed E-state index contributed by atoms with van der Waals surface area (Å²) in [5, 5.41) is 3.10. The van der Waals surface area contributed by atoms with Gasteiger partial charge in [0.2, 0.25) is 5.95 Å². The molecule has 2 aliphatic heterocycles. The molecule has 5 heterocycles. The van der Waals surface area contributed by atoms with Gasteiger partial charge in [0.05, 0.1) is 44.8 Å². The first-order chi connectivity index (χ1) is 22.1. The van der Waals surface area contributed by atoms with Crippen LogP contribution in [0.5, 0.6) is 0 Å². The Balaban J connectivity index is 1.23. The number of pyridine rings is 1. The van der Waals surface area contributed by atoms with Gasteiger partial charge in [-0.2, -0.15) is 23.8 Å². The van der Waals surface area contributed by atoms with Gasteiger partial charge in [-0.3, -0.25) is 18.9 Å². The van der Waals surface area contributed by atoms with Crippen LogP contribution in [0, 0.1) is 0 Å². The molecule has 0 saturated heterocycles. The third-order valence-electron chi connectivity index (χ3n) is 8.51. The zero-order valence-corrected chi connectivity index (χ0v) is 27.7.